The molecule has 2 fully saturated rings. The first kappa shape index (κ1) is 19.1. The van der Waals surface area contributed by atoms with Gasteiger partial charge in [-0.15, -0.1) is 0 Å². The second-order valence-corrected chi connectivity index (χ2v) is 6.86. The van der Waals surface area contributed by atoms with Crippen molar-refractivity contribution in [3.8, 4) is 0 Å². The lowest BCUT2D eigenvalue weighted by Gasteiger charge is -2.34. The SMILES string of the molecule is O=C(O)CC1CCN(C(=O)c2cccc([N+](=O)[O-])c2N2CCOCC2)CC1. The zero-order valence-electron chi connectivity index (χ0n) is 15.0. The monoisotopic (exact) mass is 377 g/mol. The zero-order chi connectivity index (χ0) is 19.4. The molecule has 1 N–H and O–H groups in total. The Labute approximate surface area is 156 Å². The highest BCUT2D eigenvalue weighted by atomic mass is 16.6. The number of anilines is 1. The van der Waals surface area contributed by atoms with Gasteiger partial charge < -0.3 is 19.6 Å². The fourth-order valence-corrected chi connectivity index (χ4v) is 3.73. The Kier molecular flexibility index (Phi) is 5.90. The van der Waals surface area contributed by atoms with Gasteiger partial charge in [0.25, 0.3) is 11.6 Å². The zero-order valence-corrected chi connectivity index (χ0v) is 15.0. The van der Waals surface area contributed by atoms with Crippen LogP contribution >= 0.6 is 0 Å². The molecule has 2 aliphatic rings. The van der Waals surface area contributed by atoms with Crippen molar-refractivity contribution in [2.24, 2.45) is 5.92 Å². The number of carbonyl (C=O) groups excluding carboxylic acids is 1. The molecule has 0 spiro atoms. The van der Waals surface area contributed by atoms with Crippen molar-refractivity contribution in [3.63, 3.8) is 0 Å². The highest BCUT2D eigenvalue weighted by Crippen LogP contribution is 2.34. The van der Waals surface area contributed by atoms with E-state index in [2.05, 4.69) is 0 Å². The Morgan fingerprint density at radius 3 is 2.44 bits per heavy atom. The van der Waals surface area contributed by atoms with Crippen LogP contribution in [0, 0.1) is 16.0 Å². The number of nitrogens with zero attached hydrogens (tertiary/aromatic N) is 3. The summed E-state index contributed by atoms with van der Waals surface area (Å²) >= 11 is 0. The number of amides is 1. The van der Waals surface area contributed by atoms with Crippen LogP contribution < -0.4 is 4.90 Å². The molecule has 2 heterocycles. The van der Waals surface area contributed by atoms with Gasteiger partial charge in [-0.1, -0.05) is 6.07 Å². The Morgan fingerprint density at radius 1 is 1.19 bits per heavy atom. The Hall–Kier alpha value is -2.68. The second kappa shape index (κ2) is 8.34. The Morgan fingerprint density at radius 2 is 1.85 bits per heavy atom. The van der Waals surface area contributed by atoms with Gasteiger partial charge in [0.15, 0.2) is 0 Å². The summed E-state index contributed by atoms with van der Waals surface area (Å²) in [6.07, 6.45) is 1.36. The average molecular weight is 377 g/mol. The minimum Gasteiger partial charge on any atom is -0.481 e. The third kappa shape index (κ3) is 4.36. The number of ether oxygens (including phenoxy) is 1. The van der Waals surface area contributed by atoms with Gasteiger partial charge in [-0.25, -0.2) is 0 Å². The number of nitro groups is 1. The Balaban J connectivity index is 1.83. The van der Waals surface area contributed by atoms with Crippen LogP contribution in [0.5, 0.6) is 0 Å². The summed E-state index contributed by atoms with van der Waals surface area (Å²) in [6.45, 7) is 2.82. The number of piperidine rings is 1. The number of carbonyl (C=O) groups is 2. The standard InChI is InChI=1S/C18H23N3O6/c22-16(23)12-13-4-6-20(7-5-13)18(24)14-2-1-3-15(21(25)26)17(14)19-8-10-27-11-9-19/h1-3,13H,4-12H2,(H,22,23). The molecule has 0 atom stereocenters. The maximum absolute atomic E-state index is 13.1. The first-order valence-electron chi connectivity index (χ1n) is 9.08. The van der Waals surface area contributed by atoms with Gasteiger partial charge in [-0.3, -0.25) is 19.7 Å². The lowest BCUT2D eigenvalue weighted by molar-refractivity contribution is -0.384. The number of carboxylic acids is 1. The number of carboxylic acid groups (broad SMARTS) is 1. The number of aliphatic carboxylic acids is 1. The van der Waals surface area contributed by atoms with Gasteiger partial charge in [0.05, 0.1) is 23.7 Å². The van der Waals surface area contributed by atoms with E-state index in [4.69, 9.17) is 9.84 Å². The topological polar surface area (TPSA) is 113 Å². The third-order valence-corrected chi connectivity index (χ3v) is 5.13. The van der Waals surface area contributed by atoms with E-state index in [0.29, 0.717) is 63.5 Å². The van der Waals surface area contributed by atoms with E-state index in [1.54, 1.807) is 11.0 Å². The number of rotatable bonds is 5. The van der Waals surface area contributed by atoms with Crippen molar-refractivity contribution in [2.45, 2.75) is 19.3 Å². The molecule has 9 heteroatoms. The number of likely N-dealkylation sites (tertiary alicyclic amines) is 1. The van der Waals surface area contributed by atoms with Crippen LogP contribution in [-0.2, 0) is 9.53 Å². The van der Waals surface area contributed by atoms with Crippen molar-refractivity contribution < 1.29 is 24.4 Å². The quantitative estimate of drug-likeness (QED) is 0.614. The van der Waals surface area contributed by atoms with E-state index in [1.807, 2.05) is 4.90 Å². The highest BCUT2D eigenvalue weighted by molar-refractivity contribution is 6.02. The number of para-hydroxylation sites is 1. The first-order valence-corrected chi connectivity index (χ1v) is 9.08. The minimum absolute atomic E-state index is 0.0652. The van der Waals surface area contributed by atoms with Gasteiger partial charge in [0.2, 0.25) is 0 Å². The van der Waals surface area contributed by atoms with Crippen LogP contribution in [0.4, 0.5) is 11.4 Å². The van der Waals surface area contributed by atoms with Crippen molar-refractivity contribution in [1.82, 2.24) is 4.90 Å². The highest BCUT2D eigenvalue weighted by Gasteiger charge is 2.31. The molecule has 1 aromatic rings. The molecule has 3 rings (SSSR count). The maximum Gasteiger partial charge on any atom is 0.303 e. The summed E-state index contributed by atoms with van der Waals surface area (Å²) in [4.78, 5) is 38.5. The van der Waals surface area contributed by atoms with Crippen LogP contribution in [0.1, 0.15) is 29.6 Å². The van der Waals surface area contributed by atoms with Crippen LogP contribution in [0.15, 0.2) is 18.2 Å². The van der Waals surface area contributed by atoms with Crippen molar-refractivity contribution >= 4 is 23.3 Å². The average Bonchev–Trinajstić information content (AvgIpc) is 2.67. The Bertz CT molecular complexity index is 724. The molecule has 2 aliphatic heterocycles. The lowest BCUT2D eigenvalue weighted by atomic mass is 9.93. The molecule has 9 nitrogen and oxygen atoms in total. The van der Waals surface area contributed by atoms with E-state index < -0.39 is 10.9 Å². The van der Waals surface area contributed by atoms with Gasteiger partial charge >= 0.3 is 5.97 Å². The van der Waals surface area contributed by atoms with E-state index in [0.717, 1.165) is 0 Å². The maximum atomic E-state index is 13.1. The lowest BCUT2D eigenvalue weighted by Crippen LogP contribution is -2.41. The van der Waals surface area contributed by atoms with Gasteiger partial charge in [-0.05, 0) is 24.8 Å². The molecule has 0 saturated carbocycles. The molecule has 1 aromatic carbocycles. The molecular formula is C18H23N3O6. The summed E-state index contributed by atoms with van der Waals surface area (Å²) in [5.74, 6) is -1.00. The summed E-state index contributed by atoms with van der Waals surface area (Å²) in [6, 6.07) is 4.58. The minimum atomic E-state index is -0.826. The van der Waals surface area contributed by atoms with Gasteiger partial charge in [0, 0.05) is 38.7 Å². The number of nitro benzene ring substituents is 1. The summed E-state index contributed by atoms with van der Waals surface area (Å²) < 4.78 is 5.33. The van der Waals surface area contributed by atoms with Crippen LogP contribution in [0.25, 0.3) is 0 Å². The first-order chi connectivity index (χ1) is 13.0. The summed E-state index contributed by atoms with van der Waals surface area (Å²) in [7, 11) is 0. The molecule has 1 amide bonds. The van der Waals surface area contributed by atoms with Crippen molar-refractivity contribution in [2.75, 3.05) is 44.3 Å². The summed E-state index contributed by atoms with van der Waals surface area (Å²) in [5, 5.41) is 20.5. The van der Waals surface area contributed by atoms with E-state index >= 15 is 0 Å². The van der Waals surface area contributed by atoms with Gasteiger partial charge in [0.1, 0.15) is 5.69 Å². The molecule has 0 aliphatic carbocycles. The third-order valence-electron chi connectivity index (χ3n) is 5.13. The van der Waals surface area contributed by atoms with E-state index in [1.165, 1.54) is 12.1 Å². The number of benzene rings is 1. The van der Waals surface area contributed by atoms with Gasteiger partial charge in [-0.2, -0.15) is 0 Å². The molecule has 0 aromatic heterocycles. The molecule has 0 bridgehead atoms. The normalized spacial score (nSPS) is 18.4. The number of hydrogen-bond donors (Lipinski definition) is 1. The molecule has 27 heavy (non-hydrogen) atoms. The van der Waals surface area contributed by atoms with Crippen molar-refractivity contribution in [1.29, 1.82) is 0 Å². The number of hydrogen-bond acceptors (Lipinski definition) is 6. The van der Waals surface area contributed by atoms with E-state index in [9.17, 15) is 19.7 Å². The molecule has 0 radical (unpaired) electrons. The second-order valence-electron chi connectivity index (χ2n) is 6.86. The fourth-order valence-electron chi connectivity index (χ4n) is 3.73. The van der Waals surface area contributed by atoms with Crippen LogP contribution in [0.3, 0.4) is 0 Å². The number of morpholine rings is 1. The summed E-state index contributed by atoms with van der Waals surface area (Å²) in [5.41, 5.74) is 0.592. The predicted molar refractivity (Wildman–Crippen MR) is 97.0 cm³/mol. The molecule has 2 saturated heterocycles. The largest absolute Gasteiger partial charge is 0.481 e. The van der Waals surface area contributed by atoms with Crippen molar-refractivity contribution in [3.05, 3.63) is 33.9 Å². The molecular weight excluding hydrogens is 354 g/mol. The van der Waals surface area contributed by atoms with Crippen LogP contribution in [-0.4, -0.2) is 66.2 Å². The molecule has 0 unspecified atom stereocenters. The van der Waals surface area contributed by atoms with Crippen LogP contribution in [0.2, 0.25) is 0 Å². The fraction of sp³-hybridized carbons (Fsp3) is 0.556. The molecule has 146 valence electrons. The predicted octanol–water partition coefficient (Wildman–Crippen LogP) is 1.76. The smallest absolute Gasteiger partial charge is 0.303 e. The van der Waals surface area contributed by atoms with E-state index in [-0.39, 0.29) is 23.9 Å².